The maximum atomic E-state index is 5.27. The van der Waals surface area contributed by atoms with Crippen LogP contribution < -0.4 is 10.6 Å². The Labute approximate surface area is 86.6 Å². The van der Waals surface area contributed by atoms with Gasteiger partial charge in [-0.1, -0.05) is 0 Å². The highest BCUT2D eigenvalue weighted by Crippen LogP contribution is 2.23. The molecule has 3 nitrogen and oxygen atoms in total. The Morgan fingerprint density at radius 3 is 2.57 bits per heavy atom. The molecule has 0 bridgehead atoms. The Hall–Kier alpha value is -0.120. The average molecular weight is 198 g/mol. The lowest BCUT2D eigenvalue weighted by molar-refractivity contribution is 0.0130. The van der Waals surface area contributed by atoms with Crippen molar-refractivity contribution in [3.63, 3.8) is 0 Å². The molecule has 0 spiro atoms. The predicted molar refractivity (Wildman–Crippen MR) is 57.4 cm³/mol. The third-order valence-corrected chi connectivity index (χ3v) is 3.56. The van der Waals surface area contributed by atoms with Crippen molar-refractivity contribution in [2.75, 3.05) is 13.7 Å². The van der Waals surface area contributed by atoms with Crippen LogP contribution in [0, 0.1) is 0 Å². The van der Waals surface area contributed by atoms with E-state index in [1.54, 1.807) is 0 Å². The minimum atomic E-state index is 0.517. The van der Waals surface area contributed by atoms with E-state index in [2.05, 4.69) is 17.6 Å². The fourth-order valence-electron chi connectivity index (χ4n) is 2.37. The van der Waals surface area contributed by atoms with Crippen molar-refractivity contribution in [2.24, 2.45) is 0 Å². The molecule has 2 rings (SSSR count). The van der Waals surface area contributed by atoms with Crippen molar-refractivity contribution >= 4 is 0 Å². The zero-order chi connectivity index (χ0) is 9.97. The first-order chi connectivity index (χ1) is 6.78. The van der Waals surface area contributed by atoms with Gasteiger partial charge in [0.25, 0.3) is 0 Å². The quantitative estimate of drug-likeness (QED) is 0.707. The second kappa shape index (κ2) is 4.60. The van der Waals surface area contributed by atoms with Gasteiger partial charge in [0.2, 0.25) is 0 Å². The lowest BCUT2D eigenvalue weighted by Gasteiger charge is -2.39. The van der Waals surface area contributed by atoms with Gasteiger partial charge in [-0.15, -0.1) is 0 Å². The smallest absolute Gasteiger partial charge is 0.0601 e. The summed E-state index contributed by atoms with van der Waals surface area (Å²) >= 11 is 0. The van der Waals surface area contributed by atoms with Gasteiger partial charge < -0.3 is 15.4 Å². The highest BCUT2D eigenvalue weighted by molar-refractivity contribution is 4.90. The summed E-state index contributed by atoms with van der Waals surface area (Å²) in [5.41, 5.74) is 0. The molecule has 14 heavy (non-hydrogen) atoms. The molecule has 2 aliphatic rings. The van der Waals surface area contributed by atoms with Crippen LogP contribution in [0.2, 0.25) is 0 Å². The van der Waals surface area contributed by atoms with Crippen molar-refractivity contribution in [1.82, 2.24) is 10.6 Å². The van der Waals surface area contributed by atoms with Gasteiger partial charge in [-0.05, 0) is 32.6 Å². The number of methoxy groups -OCH3 is 1. The third kappa shape index (κ3) is 2.47. The van der Waals surface area contributed by atoms with Crippen LogP contribution in [-0.2, 0) is 4.74 Å². The largest absolute Gasteiger partial charge is 0.381 e. The van der Waals surface area contributed by atoms with Crippen molar-refractivity contribution < 1.29 is 4.74 Å². The van der Waals surface area contributed by atoms with Crippen LogP contribution in [0.1, 0.15) is 32.6 Å². The number of hydrogen-bond acceptors (Lipinski definition) is 3. The van der Waals surface area contributed by atoms with Gasteiger partial charge in [0.15, 0.2) is 0 Å². The maximum Gasteiger partial charge on any atom is 0.0601 e. The summed E-state index contributed by atoms with van der Waals surface area (Å²) in [5, 5.41) is 7.21. The van der Waals surface area contributed by atoms with Crippen LogP contribution in [0.5, 0.6) is 0 Å². The third-order valence-electron chi connectivity index (χ3n) is 3.56. The predicted octanol–water partition coefficient (Wildman–Crippen LogP) is 0.894. The molecule has 82 valence electrons. The summed E-state index contributed by atoms with van der Waals surface area (Å²) in [5.74, 6) is 0. The Kier molecular flexibility index (Phi) is 3.42. The van der Waals surface area contributed by atoms with Gasteiger partial charge in [0, 0.05) is 31.8 Å². The van der Waals surface area contributed by atoms with E-state index in [-0.39, 0.29) is 0 Å². The minimum Gasteiger partial charge on any atom is -0.381 e. The Bertz CT molecular complexity index is 172. The average Bonchev–Trinajstić information content (AvgIpc) is 2.13. The fraction of sp³-hybridized carbons (Fsp3) is 1.00. The molecule has 2 fully saturated rings. The van der Waals surface area contributed by atoms with Crippen molar-refractivity contribution in [2.45, 2.75) is 56.8 Å². The zero-order valence-electron chi connectivity index (χ0n) is 9.25. The lowest BCUT2D eigenvalue weighted by Crippen LogP contribution is -2.54. The molecule has 1 heterocycles. The van der Waals surface area contributed by atoms with Crippen LogP contribution in [0.3, 0.4) is 0 Å². The molecule has 0 aromatic heterocycles. The van der Waals surface area contributed by atoms with E-state index in [4.69, 9.17) is 4.74 Å². The van der Waals surface area contributed by atoms with Crippen LogP contribution in [-0.4, -0.2) is 37.9 Å². The first-order valence-corrected chi connectivity index (χ1v) is 5.80. The van der Waals surface area contributed by atoms with Gasteiger partial charge in [0.1, 0.15) is 0 Å². The molecule has 0 aromatic rings. The minimum absolute atomic E-state index is 0.517. The Morgan fingerprint density at radius 1 is 1.21 bits per heavy atom. The highest BCUT2D eigenvalue weighted by atomic mass is 16.5. The molecule has 0 aromatic carbocycles. The van der Waals surface area contributed by atoms with Crippen molar-refractivity contribution in [1.29, 1.82) is 0 Å². The van der Waals surface area contributed by atoms with E-state index in [1.165, 1.54) is 25.7 Å². The maximum absolute atomic E-state index is 5.27. The summed E-state index contributed by atoms with van der Waals surface area (Å²) in [6.45, 7) is 3.40. The SMILES string of the molecule is COC1CC(NC2CCC(C)NC2)C1. The van der Waals surface area contributed by atoms with Crippen LogP contribution in [0.25, 0.3) is 0 Å². The summed E-state index contributed by atoms with van der Waals surface area (Å²) in [4.78, 5) is 0. The van der Waals surface area contributed by atoms with Crippen LogP contribution in [0.4, 0.5) is 0 Å². The van der Waals surface area contributed by atoms with E-state index in [0.717, 1.165) is 6.54 Å². The van der Waals surface area contributed by atoms with Gasteiger partial charge >= 0.3 is 0 Å². The van der Waals surface area contributed by atoms with Crippen molar-refractivity contribution in [3.8, 4) is 0 Å². The topological polar surface area (TPSA) is 33.3 Å². The van der Waals surface area contributed by atoms with Gasteiger partial charge in [0.05, 0.1) is 6.10 Å². The van der Waals surface area contributed by atoms with Crippen LogP contribution in [0.15, 0.2) is 0 Å². The summed E-state index contributed by atoms with van der Waals surface area (Å²) < 4.78 is 5.27. The second-order valence-electron chi connectivity index (χ2n) is 4.78. The number of nitrogens with one attached hydrogen (secondary N) is 2. The molecule has 0 amide bonds. The van der Waals surface area contributed by atoms with Gasteiger partial charge in [-0.3, -0.25) is 0 Å². The Balaban J connectivity index is 1.62. The standard InChI is InChI=1S/C11H22N2O/c1-8-3-4-9(7-12-8)13-10-5-11(6-10)14-2/h8-13H,3-7H2,1-2H3. The molecule has 1 saturated heterocycles. The number of ether oxygens (including phenoxy) is 1. The fourth-order valence-corrected chi connectivity index (χ4v) is 2.37. The number of hydrogen-bond donors (Lipinski definition) is 2. The first-order valence-electron chi connectivity index (χ1n) is 5.80. The van der Waals surface area contributed by atoms with E-state index in [0.29, 0.717) is 24.2 Å². The molecule has 1 saturated carbocycles. The number of piperidine rings is 1. The van der Waals surface area contributed by atoms with E-state index >= 15 is 0 Å². The highest BCUT2D eigenvalue weighted by Gasteiger charge is 2.31. The normalized spacial score (nSPS) is 43.3. The van der Waals surface area contributed by atoms with Gasteiger partial charge in [-0.25, -0.2) is 0 Å². The lowest BCUT2D eigenvalue weighted by atomic mass is 9.88. The summed E-state index contributed by atoms with van der Waals surface area (Å²) in [7, 11) is 1.81. The Morgan fingerprint density at radius 2 is 2.00 bits per heavy atom. The zero-order valence-corrected chi connectivity index (χ0v) is 9.25. The monoisotopic (exact) mass is 198 g/mol. The molecule has 2 unspecified atom stereocenters. The second-order valence-corrected chi connectivity index (χ2v) is 4.78. The van der Waals surface area contributed by atoms with E-state index in [9.17, 15) is 0 Å². The molecule has 3 heteroatoms. The summed E-state index contributed by atoms with van der Waals surface area (Å²) in [6, 6.07) is 2.11. The first kappa shape index (κ1) is 10.4. The van der Waals surface area contributed by atoms with Crippen LogP contribution >= 0.6 is 0 Å². The van der Waals surface area contributed by atoms with E-state index < -0.39 is 0 Å². The molecule has 2 atom stereocenters. The van der Waals surface area contributed by atoms with Crippen molar-refractivity contribution in [3.05, 3.63) is 0 Å². The summed E-state index contributed by atoms with van der Waals surface area (Å²) in [6.07, 6.45) is 5.54. The molecule has 0 radical (unpaired) electrons. The van der Waals surface area contributed by atoms with E-state index in [1.807, 2.05) is 7.11 Å². The molecular weight excluding hydrogens is 176 g/mol. The molecule has 1 aliphatic carbocycles. The number of rotatable bonds is 3. The molecule has 1 aliphatic heterocycles. The van der Waals surface area contributed by atoms with Gasteiger partial charge in [-0.2, -0.15) is 0 Å². The molecular formula is C11H22N2O. The molecule has 2 N–H and O–H groups in total.